The van der Waals surface area contributed by atoms with E-state index < -0.39 is 0 Å². The van der Waals surface area contributed by atoms with Gasteiger partial charge in [-0.05, 0) is 49.7 Å². The molecule has 0 aliphatic rings. The number of para-hydroxylation sites is 1. The van der Waals surface area contributed by atoms with Crippen molar-refractivity contribution in [3.63, 3.8) is 0 Å². The van der Waals surface area contributed by atoms with Crippen LogP contribution in [0.2, 0.25) is 0 Å². The molecule has 0 atom stereocenters. The Hall–Kier alpha value is -3.73. The van der Waals surface area contributed by atoms with Crippen molar-refractivity contribution in [2.24, 2.45) is 0 Å². The molecule has 3 aromatic carbocycles. The summed E-state index contributed by atoms with van der Waals surface area (Å²) < 4.78 is 1.77. The van der Waals surface area contributed by atoms with Gasteiger partial charge in [-0.25, -0.2) is 4.68 Å². The largest absolute Gasteiger partial charge is 0.322 e. The predicted molar refractivity (Wildman–Crippen MR) is 111 cm³/mol. The van der Waals surface area contributed by atoms with E-state index in [0.29, 0.717) is 5.56 Å². The Morgan fingerprint density at radius 1 is 0.893 bits per heavy atom. The Balaban J connectivity index is 1.58. The molecule has 0 unspecified atom stereocenters. The third-order valence-electron chi connectivity index (χ3n) is 4.66. The zero-order valence-electron chi connectivity index (χ0n) is 15.8. The highest BCUT2D eigenvalue weighted by Crippen LogP contribution is 2.22. The Morgan fingerprint density at radius 2 is 1.61 bits per heavy atom. The van der Waals surface area contributed by atoms with Crippen LogP contribution in [0.4, 0.5) is 5.69 Å². The van der Waals surface area contributed by atoms with Gasteiger partial charge in [0.2, 0.25) is 0 Å². The van der Waals surface area contributed by atoms with Gasteiger partial charge in [0, 0.05) is 16.8 Å². The fourth-order valence-electron chi connectivity index (χ4n) is 3.01. The zero-order chi connectivity index (χ0) is 19.5. The van der Waals surface area contributed by atoms with Crippen molar-refractivity contribution in [1.82, 2.24) is 15.0 Å². The first kappa shape index (κ1) is 17.7. The van der Waals surface area contributed by atoms with Crippen molar-refractivity contribution in [3.8, 4) is 16.9 Å². The molecular weight excluding hydrogens is 348 g/mol. The van der Waals surface area contributed by atoms with Gasteiger partial charge in [0.05, 0.1) is 17.6 Å². The molecule has 1 amide bonds. The highest BCUT2D eigenvalue weighted by atomic mass is 16.1. The van der Waals surface area contributed by atoms with E-state index in [9.17, 15) is 4.79 Å². The average molecular weight is 368 g/mol. The van der Waals surface area contributed by atoms with Crippen LogP contribution in [-0.2, 0) is 0 Å². The normalized spacial score (nSPS) is 10.6. The summed E-state index contributed by atoms with van der Waals surface area (Å²) in [5.41, 5.74) is 6.41. The summed E-state index contributed by atoms with van der Waals surface area (Å²) in [5.74, 6) is -0.141. The number of hydrogen-bond acceptors (Lipinski definition) is 3. The highest BCUT2D eigenvalue weighted by molar-refractivity contribution is 6.04. The topological polar surface area (TPSA) is 59.8 Å². The fraction of sp³-hybridized carbons (Fsp3) is 0.0870. The molecule has 1 heterocycles. The molecular formula is C23H20N4O. The number of aromatic nitrogens is 3. The Labute approximate surface area is 163 Å². The highest BCUT2D eigenvalue weighted by Gasteiger charge is 2.11. The first-order valence-electron chi connectivity index (χ1n) is 9.07. The molecule has 1 N–H and O–H groups in total. The predicted octanol–water partition coefficient (Wildman–Crippen LogP) is 4.80. The standard InChI is InChI=1S/C23H20N4O/c1-16-7-9-18(10-8-16)22-15-24-26-27(22)20-13-11-19(12-14-20)23(28)25-21-6-4-3-5-17(21)2/h3-15H,1-2H3,(H,25,28). The van der Waals surface area contributed by atoms with Crippen molar-refractivity contribution < 1.29 is 4.79 Å². The first-order valence-corrected chi connectivity index (χ1v) is 9.07. The van der Waals surface area contributed by atoms with Gasteiger partial charge in [-0.1, -0.05) is 53.2 Å². The van der Waals surface area contributed by atoms with Gasteiger partial charge in [-0.2, -0.15) is 0 Å². The lowest BCUT2D eigenvalue weighted by Gasteiger charge is -2.10. The van der Waals surface area contributed by atoms with Gasteiger partial charge < -0.3 is 5.32 Å². The number of carbonyl (C=O) groups is 1. The van der Waals surface area contributed by atoms with Crippen LogP contribution in [0.1, 0.15) is 21.5 Å². The second-order valence-electron chi connectivity index (χ2n) is 6.71. The monoisotopic (exact) mass is 368 g/mol. The SMILES string of the molecule is Cc1ccc(-c2cnnn2-c2ccc(C(=O)Nc3ccccc3C)cc2)cc1. The minimum atomic E-state index is -0.141. The van der Waals surface area contributed by atoms with Crippen LogP contribution >= 0.6 is 0 Å². The van der Waals surface area contributed by atoms with Crippen LogP contribution in [0.25, 0.3) is 16.9 Å². The van der Waals surface area contributed by atoms with Gasteiger partial charge in [0.1, 0.15) is 0 Å². The molecule has 5 heteroatoms. The number of anilines is 1. The van der Waals surface area contributed by atoms with Crippen molar-refractivity contribution in [3.05, 3.63) is 95.7 Å². The molecule has 0 bridgehead atoms. The number of amides is 1. The number of benzene rings is 3. The van der Waals surface area contributed by atoms with Gasteiger partial charge in [0.15, 0.2) is 0 Å². The van der Waals surface area contributed by atoms with E-state index in [1.54, 1.807) is 23.0 Å². The molecule has 0 aliphatic heterocycles. The fourth-order valence-corrected chi connectivity index (χ4v) is 3.01. The lowest BCUT2D eigenvalue weighted by atomic mass is 10.1. The molecule has 0 radical (unpaired) electrons. The van der Waals surface area contributed by atoms with Crippen LogP contribution in [0, 0.1) is 13.8 Å². The minimum Gasteiger partial charge on any atom is -0.322 e. The zero-order valence-corrected chi connectivity index (χ0v) is 15.8. The Morgan fingerprint density at radius 3 is 2.32 bits per heavy atom. The lowest BCUT2D eigenvalue weighted by Crippen LogP contribution is -2.12. The molecule has 138 valence electrons. The summed E-state index contributed by atoms with van der Waals surface area (Å²) in [6.07, 6.45) is 1.74. The molecule has 28 heavy (non-hydrogen) atoms. The summed E-state index contributed by atoms with van der Waals surface area (Å²) in [4.78, 5) is 12.5. The van der Waals surface area contributed by atoms with E-state index >= 15 is 0 Å². The maximum atomic E-state index is 12.5. The third-order valence-corrected chi connectivity index (χ3v) is 4.66. The quantitative estimate of drug-likeness (QED) is 0.563. The second-order valence-corrected chi connectivity index (χ2v) is 6.71. The molecule has 4 rings (SSSR count). The Kier molecular flexibility index (Phi) is 4.72. The van der Waals surface area contributed by atoms with Crippen molar-refractivity contribution >= 4 is 11.6 Å². The molecule has 0 fully saturated rings. The number of rotatable bonds is 4. The molecule has 0 spiro atoms. The summed E-state index contributed by atoms with van der Waals surface area (Å²) in [6.45, 7) is 4.02. The van der Waals surface area contributed by atoms with Crippen LogP contribution in [0.15, 0.2) is 79.0 Å². The summed E-state index contributed by atoms with van der Waals surface area (Å²) in [7, 11) is 0. The lowest BCUT2D eigenvalue weighted by molar-refractivity contribution is 0.102. The number of carbonyl (C=O) groups excluding carboxylic acids is 1. The van der Waals surface area contributed by atoms with Crippen LogP contribution in [-0.4, -0.2) is 20.9 Å². The number of hydrogen-bond donors (Lipinski definition) is 1. The summed E-state index contributed by atoms with van der Waals surface area (Å²) in [6, 6.07) is 23.3. The van der Waals surface area contributed by atoms with Gasteiger partial charge in [-0.3, -0.25) is 4.79 Å². The molecule has 4 aromatic rings. The smallest absolute Gasteiger partial charge is 0.255 e. The molecule has 5 nitrogen and oxygen atoms in total. The molecule has 0 saturated heterocycles. The van der Waals surface area contributed by atoms with Gasteiger partial charge in [0.25, 0.3) is 5.91 Å². The van der Waals surface area contributed by atoms with Crippen molar-refractivity contribution in [2.75, 3.05) is 5.32 Å². The van der Waals surface area contributed by atoms with E-state index in [4.69, 9.17) is 0 Å². The molecule has 0 saturated carbocycles. The van der Waals surface area contributed by atoms with Gasteiger partial charge in [-0.15, -0.1) is 5.10 Å². The van der Waals surface area contributed by atoms with E-state index in [1.807, 2.05) is 43.3 Å². The van der Waals surface area contributed by atoms with Crippen molar-refractivity contribution in [1.29, 1.82) is 0 Å². The van der Waals surface area contributed by atoms with Crippen LogP contribution in [0.5, 0.6) is 0 Å². The number of nitrogens with one attached hydrogen (secondary N) is 1. The molecule has 1 aromatic heterocycles. The van der Waals surface area contributed by atoms with E-state index in [1.165, 1.54) is 5.56 Å². The van der Waals surface area contributed by atoms with E-state index in [0.717, 1.165) is 28.2 Å². The second kappa shape index (κ2) is 7.48. The number of aryl methyl sites for hydroxylation is 2. The van der Waals surface area contributed by atoms with Crippen molar-refractivity contribution in [2.45, 2.75) is 13.8 Å². The minimum absolute atomic E-state index is 0.141. The van der Waals surface area contributed by atoms with E-state index in [-0.39, 0.29) is 5.91 Å². The van der Waals surface area contributed by atoms with E-state index in [2.05, 4.69) is 46.8 Å². The molecule has 0 aliphatic carbocycles. The van der Waals surface area contributed by atoms with Crippen LogP contribution in [0.3, 0.4) is 0 Å². The maximum Gasteiger partial charge on any atom is 0.255 e. The third kappa shape index (κ3) is 3.55. The first-order chi connectivity index (χ1) is 13.6. The van der Waals surface area contributed by atoms with Gasteiger partial charge >= 0.3 is 0 Å². The Bertz CT molecular complexity index is 1110. The van der Waals surface area contributed by atoms with Crippen LogP contribution < -0.4 is 5.32 Å². The average Bonchev–Trinajstić information content (AvgIpc) is 3.20. The maximum absolute atomic E-state index is 12.5. The summed E-state index contributed by atoms with van der Waals surface area (Å²) in [5, 5.41) is 11.2. The summed E-state index contributed by atoms with van der Waals surface area (Å²) >= 11 is 0. The number of nitrogens with zero attached hydrogens (tertiary/aromatic N) is 3.